The van der Waals surface area contributed by atoms with Gasteiger partial charge < -0.3 is 39.5 Å². The van der Waals surface area contributed by atoms with Crippen molar-refractivity contribution in [1.82, 2.24) is 35.1 Å². The van der Waals surface area contributed by atoms with Gasteiger partial charge in [-0.3, -0.25) is 24.0 Å². The molecule has 5 amide bonds. The standard InChI is InChI=1S/C39H55N7O9/c1-4-5-23-54-39(52)44-21-19-43(20-22-44)37(50)30(16-11-24-53-38(51)27(2)3)41-35(48)31-25-34(46(42-31)29-14-7-6-8-15-29)55-26-33(47)45-18-10-17-32(45)36(49)40-28-12-9-13-28/h6-8,14-15,25,27-28,30,32H,4-5,9-13,16-24,26H2,1-3H3,(H,40,49)(H,41,48)/t30-,32-/m0/s1. The van der Waals surface area contributed by atoms with Gasteiger partial charge >= 0.3 is 12.1 Å². The average molecular weight is 766 g/mol. The fourth-order valence-electron chi connectivity index (χ4n) is 6.58. The minimum atomic E-state index is -0.987. The Kier molecular flexibility index (Phi) is 14.9. The number of carbonyl (C=O) groups excluding carboxylic acids is 6. The van der Waals surface area contributed by atoms with Crippen molar-refractivity contribution in [2.45, 2.75) is 96.7 Å². The quantitative estimate of drug-likeness (QED) is 0.180. The highest BCUT2D eigenvalue weighted by atomic mass is 16.6. The predicted octanol–water partition coefficient (Wildman–Crippen LogP) is 3.07. The van der Waals surface area contributed by atoms with Gasteiger partial charge in [0.25, 0.3) is 11.8 Å². The monoisotopic (exact) mass is 765 g/mol. The number of esters is 1. The van der Waals surface area contributed by atoms with E-state index >= 15 is 0 Å². The lowest BCUT2D eigenvalue weighted by Crippen LogP contribution is -2.56. The third-order valence-corrected chi connectivity index (χ3v) is 10.1. The highest BCUT2D eigenvalue weighted by molar-refractivity contribution is 5.96. The van der Waals surface area contributed by atoms with Gasteiger partial charge in [0.1, 0.15) is 12.1 Å². The number of hydrogen-bond donors (Lipinski definition) is 2. The van der Waals surface area contributed by atoms with Gasteiger partial charge in [-0.05, 0) is 63.5 Å². The Labute approximate surface area is 322 Å². The highest BCUT2D eigenvalue weighted by Crippen LogP contribution is 2.24. The largest absolute Gasteiger partial charge is 0.467 e. The molecular formula is C39H55N7O9. The molecule has 0 spiro atoms. The number of unbranched alkanes of at least 4 members (excludes halogenated alkanes) is 1. The number of nitrogens with zero attached hydrogens (tertiary/aromatic N) is 5. The highest BCUT2D eigenvalue weighted by Gasteiger charge is 2.36. The zero-order valence-corrected chi connectivity index (χ0v) is 32.2. The van der Waals surface area contributed by atoms with E-state index < -0.39 is 24.1 Å². The molecule has 1 saturated carbocycles. The maximum Gasteiger partial charge on any atom is 0.409 e. The number of aromatic nitrogens is 2. The smallest absolute Gasteiger partial charge is 0.409 e. The number of ether oxygens (including phenoxy) is 3. The second-order valence-corrected chi connectivity index (χ2v) is 14.6. The van der Waals surface area contributed by atoms with Crippen LogP contribution in [0.3, 0.4) is 0 Å². The molecule has 2 aromatic rings. The number of piperazine rings is 1. The Bertz CT molecular complexity index is 1640. The Hall–Kier alpha value is -5.15. The third-order valence-electron chi connectivity index (χ3n) is 10.1. The van der Waals surface area contributed by atoms with Gasteiger partial charge in [0.15, 0.2) is 12.3 Å². The van der Waals surface area contributed by atoms with Crippen LogP contribution >= 0.6 is 0 Å². The summed E-state index contributed by atoms with van der Waals surface area (Å²) < 4.78 is 18.1. The van der Waals surface area contributed by atoms with Crippen molar-refractivity contribution in [2.75, 3.05) is 52.5 Å². The van der Waals surface area contributed by atoms with Gasteiger partial charge in [-0.1, -0.05) is 45.4 Å². The van der Waals surface area contributed by atoms with Crippen LogP contribution in [0.25, 0.3) is 5.69 Å². The van der Waals surface area contributed by atoms with Crippen LogP contribution in [-0.2, 0) is 28.7 Å². The van der Waals surface area contributed by atoms with Crippen LogP contribution in [0.5, 0.6) is 5.88 Å². The molecule has 300 valence electrons. The molecule has 1 aromatic heterocycles. The van der Waals surface area contributed by atoms with E-state index in [2.05, 4.69) is 15.7 Å². The fourth-order valence-corrected chi connectivity index (χ4v) is 6.58. The Balaban J connectivity index is 1.26. The average Bonchev–Trinajstić information content (AvgIpc) is 3.85. The van der Waals surface area contributed by atoms with E-state index in [4.69, 9.17) is 14.2 Å². The predicted molar refractivity (Wildman–Crippen MR) is 200 cm³/mol. The molecular weight excluding hydrogens is 710 g/mol. The molecule has 2 aliphatic heterocycles. The number of para-hydroxylation sites is 1. The van der Waals surface area contributed by atoms with Crippen LogP contribution in [0.2, 0.25) is 0 Å². The molecule has 5 rings (SSSR count). The topological polar surface area (TPSA) is 182 Å². The lowest BCUT2D eigenvalue weighted by atomic mass is 9.93. The first-order valence-corrected chi connectivity index (χ1v) is 19.6. The summed E-state index contributed by atoms with van der Waals surface area (Å²) in [4.78, 5) is 83.3. The molecule has 0 unspecified atom stereocenters. The molecule has 2 saturated heterocycles. The minimum Gasteiger partial charge on any atom is -0.467 e. The number of likely N-dealkylation sites (tertiary alicyclic amines) is 1. The van der Waals surface area contributed by atoms with Gasteiger partial charge in [0.05, 0.1) is 24.8 Å². The van der Waals surface area contributed by atoms with Crippen LogP contribution in [0.4, 0.5) is 4.79 Å². The Morgan fingerprint density at radius 1 is 0.873 bits per heavy atom. The van der Waals surface area contributed by atoms with Crippen molar-refractivity contribution in [2.24, 2.45) is 5.92 Å². The van der Waals surface area contributed by atoms with Crippen LogP contribution in [0, 0.1) is 5.92 Å². The number of carbonyl (C=O) groups is 6. The molecule has 55 heavy (non-hydrogen) atoms. The van der Waals surface area contributed by atoms with Crippen molar-refractivity contribution in [3.05, 3.63) is 42.1 Å². The summed E-state index contributed by atoms with van der Waals surface area (Å²) in [5, 5.41) is 10.4. The second-order valence-electron chi connectivity index (χ2n) is 14.6. The minimum absolute atomic E-state index is 0.0473. The zero-order valence-electron chi connectivity index (χ0n) is 32.2. The van der Waals surface area contributed by atoms with Crippen molar-refractivity contribution in [1.29, 1.82) is 0 Å². The summed E-state index contributed by atoms with van der Waals surface area (Å²) in [5.74, 6) is -2.01. The van der Waals surface area contributed by atoms with Gasteiger partial charge in [0.2, 0.25) is 17.7 Å². The van der Waals surface area contributed by atoms with Crippen molar-refractivity contribution in [3.63, 3.8) is 0 Å². The van der Waals surface area contributed by atoms with E-state index in [-0.39, 0.29) is 93.0 Å². The fraction of sp³-hybridized carbons (Fsp3) is 0.615. The van der Waals surface area contributed by atoms with Gasteiger partial charge in [-0.25, -0.2) is 9.48 Å². The Morgan fingerprint density at radius 2 is 1.58 bits per heavy atom. The number of hydrogen-bond acceptors (Lipinski definition) is 10. The summed E-state index contributed by atoms with van der Waals surface area (Å²) >= 11 is 0. The summed E-state index contributed by atoms with van der Waals surface area (Å²) in [5.41, 5.74) is 0.530. The van der Waals surface area contributed by atoms with E-state index in [1.54, 1.807) is 52.8 Å². The van der Waals surface area contributed by atoms with E-state index in [0.29, 0.717) is 38.1 Å². The summed E-state index contributed by atoms with van der Waals surface area (Å²) in [6.07, 6.45) is 6.02. The number of rotatable bonds is 17. The first-order chi connectivity index (χ1) is 26.5. The summed E-state index contributed by atoms with van der Waals surface area (Å²) in [6.45, 7) is 7.04. The van der Waals surface area contributed by atoms with Gasteiger partial charge in [-0.2, -0.15) is 5.10 Å². The van der Waals surface area contributed by atoms with Crippen LogP contribution in [0.1, 0.15) is 89.0 Å². The normalized spacial score (nSPS) is 17.7. The van der Waals surface area contributed by atoms with E-state index in [9.17, 15) is 28.8 Å². The van der Waals surface area contributed by atoms with E-state index in [1.807, 2.05) is 13.0 Å². The van der Waals surface area contributed by atoms with Crippen molar-refractivity contribution >= 4 is 35.7 Å². The number of amides is 5. The molecule has 1 aromatic carbocycles. The maximum absolute atomic E-state index is 13.9. The van der Waals surface area contributed by atoms with Gasteiger partial charge in [-0.15, -0.1) is 0 Å². The second kappa shape index (κ2) is 20.0. The Morgan fingerprint density at radius 3 is 2.25 bits per heavy atom. The van der Waals surface area contributed by atoms with E-state index in [1.165, 1.54) is 10.7 Å². The lowest BCUT2D eigenvalue weighted by molar-refractivity contribution is -0.147. The molecule has 3 aliphatic rings. The van der Waals surface area contributed by atoms with Crippen molar-refractivity contribution < 1.29 is 43.0 Å². The number of nitrogens with one attached hydrogen (secondary N) is 2. The molecule has 2 atom stereocenters. The lowest BCUT2D eigenvalue weighted by Gasteiger charge is -2.36. The SMILES string of the molecule is CCCCOC(=O)N1CCN(C(=O)[C@H](CCCOC(=O)C(C)C)NC(=O)c2cc(OCC(=O)N3CCC[C@H]3C(=O)NC3CCC3)n(-c3ccccc3)n2)CC1. The molecule has 16 heteroatoms. The molecule has 3 fully saturated rings. The molecule has 0 radical (unpaired) electrons. The first-order valence-electron chi connectivity index (χ1n) is 19.6. The molecule has 2 N–H and O–H groups in total. The van der Waals surface area contributed by atoms with Crippen LogP contribution < -0.4 is 15.4 Å². The summed E-state index contributed by atoms with van der Waals surface area (Å²) in [6, 6.07) is 9.01. The molecule has 3 heterocycles. The van der Waals surface area contributed by atoms with Crippen LogP contribution in [0.15, 0.2) is 36.4 Å². The summed E-state index contributed by atoms with van der Waals surface area (Å²) in [7, 11) is 0. The molecule has 1 aliphatic carbocycles. The van der Waals surface area contributed by atoms with Gasteiger partial charge in [0, 0.05) is 44.8 Å². The number of benzene rings is 1. The van der Waals surface area contributed by atoms with E-state index in [0.717, 1.165) is 32.1 Å². The molecule has 16 nitrogen and oxygen atoms in total. The van der Waals surface area contributed by atoms with Crippen molar-refractivity contribution in [3.8, 4) is 11.6 Å². The molecule has 0 bridgehead atoms. The third kappa shape index (κ3) is 11.2. The van der Waals surface area contributed by atoms with Crippen LogP contribution in [-0.4, -0.2) is 131 Å². The zero-order chi connectivity index (χ0) is 39.3. The first kappa shape index (κ1) is 41.0. The maximum atomic E-state index is 13.9.